The summed E-state index contributed by atoms with van der Waals surface area (Å²) in [6.45, 7) is 7.77. The average Bonchev–Trinajstić information content (AvgIpc) is 3.04. The third kappa shape index (κ3) is 3.13. The molecule has 2 heterocycles. The molecule has 2 atom stereocenters. The zero-order valence-corrected chi connectivity index (χ0v) is 14.9. The van der Waals surface area contributed by atoms with E-state index in [1.165, 1.54) is 31.4 Å². The minimum Gasteiger partial charge on any atom is -0.323 e. The van der Waals surface area contributed by atoms with Crippen LogP contribution in [0.25, 0.3) is 11.0 Å². The number of rotatable bonds is 4. The fourth-order valence-corrected chi connectivity index (χ4v) is 3.76. The van der Waals surface area contributed by atoms with Gasteiger partial charge in [-0.15, -0.1) is 11.6 Å². The van der Waals surface area contributed by atoms with Crippen LogP contribution in [0.4, 0.5) is 0 Å². The van der Waals surface area contributed by atoms with Gasteiger partial charge >= 0.3 is 0 Å². The van der Waals surface area contributed by atoms with Crippen LogP contribution in [0, 0.1) is 0 Å². The van der Waals surface area contributed by atoms with Gasteiger partial charge in [0.25, 0.3) is 0 Å². The highest BCUT2D eigenvalue weighted by molar-refractivity contribution is 9.10. The molecule has 1 aliphatic rings. The van der Waals surface area contributed by atoms with Crippen molar-refractivity contribution in [2.24, 2.45) is 0 Å². The van der Waals surface area contributed by atoms with Gasteiger partial charge in [0.15, 0.2) is 0 Å². The molecule has 1 saturated heterocycles. The molecule has 2 unspecified atom stereocenters. The van der Waals surface area contributed by atoms with Gasteiger partial charge < -0.3 is 9.47 Å². The molecule has 3 nitrogen and oxygen atoms in total. The first kappa shape index (κ1) is 15.3. The zero-order valence-electron chi connectivity index (χ0n) is 12.5. The lowest BCUT2D eigenvalue weighted by atomic mass is 10.2. The van der Waals surface area contributed by atoms with Crippen LogP contribution in [0.15, 0.2) is 22.7 Å². The van der Waals surface area contributed by atoms with Gasteiger partial charge in [0, 0.05) is 17.1 Å². The summed E-state index contributed by atoms with van der Waals surface area (Å²) in [7, 11) is 0. The van der Waals surface area contributed by atoms with Gasteiger partial charge in [-0.3, -0.25) is 0 Å². The first-order valence-electron chi connectivity index (χ1n) is 7.60. The van der Waals surface area contributed by atoms with Crippen molar-refractivity contribution in [3.8, 4) is 0 Å². The van der Waals surface area contributed by atoms with Gasteiger partial charge in [-0.25, -0.2) is 4.98 Å². The molecule has 0 aliphatic carbocycles. The Morgan fingerprint density at radius 2 is 2.00 bits per heavy atom. The molecule has 1 aliphatic heterocycles. The van der Waals surface area contributed by atoms with Gasteiger partial charge in [0.2, 0.25) is 0 Å². The standard InChI is InChI=1S/C16H21BrClN3/c1-11(10-20-7-3-4-8-20)21-15-6-5-13(17)9-14(15)19-16(21)12(2)18/h5-6,9,11-12H,3-4,7-8,10H2,1-2H3. The fraction of sp³-hybridized carbons (Fsp3) is 0.562. The average molecular weight is 371 g/mol. The maximum atomic E-state index is 6.37. The van der Waals surface area contributed by atoms with Crippen LogP contribution < -0.4 is 0 Å². The molecule has 21 heavy (non-hydrogen) atoms. The highest BCUT2D eigenvalue weighted by Crippen LogP contribution is 2.30. The molecule has 1 fully saturated rings. The molecule has 2 aromatic rings. The third-order valence-electron chi connectivity index (χ3n) is 4.20. The van der Waals surface area contributed by atoms with Crippen molar-refractivity contribution in [1.29, 1.82) is 0 Å². The zero-order chi connectivity index (χ0) is 15.0. The van der Waals surface area contributed by atoms with E-state index in [2.05, 4.69) is 50.5 Å². The molecule has 1 aromatic carbocycles. The normalized spacial score (nSPS) is 19.2. The van der Waals surface area contributed by atoms with Crippen LogP contribution >= 0.6 is 27.5 Å². The van der Waals surface area contributed by atoms with Gasteiger partial charge in [-0.1, -0.05) is 15.9 Å². The summed E-state index contributed by atoms with van der Waals surface area (Å²) >= 11 is 9.89. The summed E-state index contributed by atoms with van der Waals surface area (Å²) < 4.78 is 3.37. The Hall–Kier alpha value is -0.580. The number of alkyl halides is 1. The molecule has 0 radical (unpaired) electrons. The molecule has 0 saturated carbocycles. The molecule has 0 N–H and O–H groups in total. The van der Waals surface area contributed by atoms with E-state index in [0.717, 1.165) is 22.4 Å². The molecule has 114 valence electrons. The number of fused-ring (bicyclic) bond motifs is 1. The Bertz CT molecular complexity index is 632. The van der Waals surface area contributed by atoms with Gasteiger partial charge in [0.1, 0.15) is 5.82 Å². The Morgan fingerprint density at radius 1 is 1.29 bits per heavy atom. The summed E-state index contributed by atoms with van der Waals surface area (Å²) in [6, 6.07) is 6.66. The number of likely N-dealkylation sites (tertiary alicyclic amines) is 1. The van der Waals surface area contributed by atoms with E-state index >= 15 is 0 Å². The first-order valence-corrected chi connectivity index (χ1v) is 8.83. The minimum atomic E-state index is -0.0859. The number of hydrogen-bond acceptors (Lipinski definition) is 2. The van der Waals surface area contributed by atoms with E-state index < -0.39 is 0 Å². The summed E-state index contributed by atoms with van der Waals surface area (Å²) in [5.41, 5.74) is 2.19. The Morgan fingerprint density at radius 3 is 2.67 bits per heavy atom. The molecule has 0 spiro atoms. The predicted octanol–water partition coefficient (Wildman–Crippen LogP) is 4.76. The van der Waals surface area contributed by atoms with Gasteiger partial charge in [-0.05, 0) is 58.0 Å². The monoisotopic (exact) mass is 369 g/mol. The number of imidazole rings is 1. The first-order chi connectivity index (χ1) is 10.1. The van der Waals surface area contributed by atoms with E-state index in [1.54, 1.807) is 0 Å². The molecule has 5 heteroatoms. The highest BCUT2D eigenvalue weighted by atomic mass is 79.9. The smallest absolute Gasteiger partial charge is 0.128 e. The summed E-state index contributed by atoms with van der Waals surface area (Å²) in [5, 5.41) is -0.0859. The van der Waals surface area contributed by atoms with Gasteiger partial charge in [-0.2, -0.15) is 0 Å². The van der Waals surface area contributed by atoms with E-state index in [9.17, 15) is 0 Å². The van der Waals surface area contributed by atoms with E-state index in [0.29, 0.717) is 6.04 Å². The van der Waals surface area contributed by atoms with Crippen molar-refractivity contribution in [1.82, 2.24) is 14.5 Å². The minimum absolute atomic E-state index is 0.0859. The second-order valence-corrected chi connectivity index (χ2v) is 7.52. The van der Waals surface area contributed by atoms with Crippen molar-refractivity contribution in [3.05, 3.63) is 28.5 Å². The second kappa shape index (κ2) is 6.27. The number of hydrogen-bond donors (Lipinski definition) is 0. The van der Waals surface area contributed by atoms with Crippen molar-refractivity contribution in [2.75, 3.05) is 19.6 Å². The fourth-order valence-electron chi connectivity index (χ4n) is 3.25. The molecule has 0 bridgehead atoms. The highest BCUT2D eigenvalue weighted by Gasteiger charge is 2.22. The van der Waals surface area contributed by atoms with Crippen molar-refractivity contribution in [2.45, 2.75) is 38.1 Å². The number of halogens is 2. The van der Waals surface area contributed by atoms with Gasteiger partial charge in [0.05, 0.1) is 16.4 Å². The van der Waals surface area contributed by atoms with Crippen LogP contribution in [0.3, 0.4) is 0 Å². The Kier molecular flexibility index (Phi) is 4.57. The molecular formula is C16H21BrClN3. The third-order valence-corrected chi connectivity index (χ3v) is 4.88. The van der Waals surface area contributed by atoms with Crippen LogP contribution in [-0.4, -0.2) is 34.1 Å². The lowest BCUT2D eigenvalue weighted by molar-refractivity contribution is 0.287. The van der Waals surface area contributed by atoms with Crippen molar-refractivity contribution < 1.29 is 0 Å². The van der Waals surface area contributed by atoms with E-state index in [1.807, 2.05) is 6.92 Å². The maximum Gasteiger partial charge on any atom is 0.128 e. The largest absolute Gasteiger partial charge is 0.323 e. The number of aromatic nitrogens is 2. The molecule has 1 aromatic heterocycles. The van der Waals surface area contributed by atoms with Crippen molar-refractivity contribution >= 4 is 38.6 Å². The lowest BCUT2D eigenvalue weighted by Gasteiger charge is -2.24. The summed E-state index contributed by atoms with van der Waals surface area (Å²) in [4.78, 5) is 7.29. The van der Waals surface area contributed by atoms with E-state index in [4.69, 9.17) is 16.6 Å². The van der Waals surface area contributed by atoms with Crippen LogP contribution in [0.5, 0.6) is 0 Å². The van der Waals surface area contributed by atoms with Crippen molar-refractivity contribution in [3.63, 3.8) is 0 Å². The maximum absolute atomic E-state index is 6.37. The SMILES string of the molecule is CC(Cl)c1nc2cc(Br)ccc2n1C(C)CN1CCCC1. The molecule has 3 rings (SSSR count). The Labute approximate surface area is 139 Å². The Balaban J connectivity index is 1.99. The molecule has 0 amide bonds. The van der Waals surface area contributed by atoms with Crippen LogP contribution in [-0.2, 0) is 0 Å². The summed E-state index contributed by atoms with van der Waals surface area (Å²) in [6.07, 6.45) is 2.65. The van der Waals surface area contributed by atoms with Crippen LogP contribution in [0.1, 0.15) is 43.9 Å². The summed E-state index contributed by atoms with van der Waals surface area (Å²) in [5.74, 6) is 0.969. The lowest BCUT2D eigenvalue weighted by Crippen LogP contribution is -2.28. The quantitative estimate of drug-likeness (QED) is 0.724. The topological polar surface area (TPSA) is 21.1 Å². The number of nitrogens with zero attached hydrogens (tertiary/aromatic N) is 3. The molecular weight excluding hydrogens is 350 g/mol. The van der Waals surface area contributed by atoms with Crippen LogP contribution in [0.2, 0.25) is 0 Å². The second-order valence-electron chi connectivity index (χ2n) is 5.95. The van der Waals surface area contributed by atoms with E-state index in [-0.39, 0.29) is 5.38 Å². The predicted molar refractivity (Wildman–Crippen MR) is 92.1 cm³/mol. The number of benzene rings is 1.